The molecule has 3 aliphatic heterocycles. The molecule has 148 valence electrons. The summed E-state index contributed by atoms with van der Waals surface area (Å²) in [7, 11) is 0. The molecule has 0 amide bonds. The zero-order valence-corrected chi connectivity index (χ0v) is 18.7. The SMILES string of the molecule is CC.Cc1cc(/N=C2\NC(Br)=CN3C(C4C=CN(SF)N=C4)=CCN=C23)sn1. The van der Waals surface area contributed by atoms with Crippen LogP contribution in [-0.2, 0) is 0 Å². The van der Waals surface area contributed by atoms with Crippen LogP contribution < -0.4 is 5.32 Å². The topological polar surface area (TPSA) is 68.5 Å². The van der Waals surface area contributed by atoms with Gasteiger partial charge in [0.1, 0.15) is 9.61 Å². The summed E-state index contributed by atoms with van der Waals surface area (Å²) in [6.45, 7) is 6.47. The Kier molecular flexibility index (Phi) is 7.03. The molecule has 0 spiro atoms. The molecule has 1 aromatic rings. The second-order valence-electron chi connectivity index (χ2n) is 5.54. The van der Waals surface area contributed by atoms with E-state index in [9.17, 15) is 3.89 Å². The van der Waals surface area contributed by atoms with Crippen molar-refractivity contribution in [1.29, 1.82) is 0 Å². The van der Waals surface area contributed by atoms with Crippen molar-refractivity contribution >= 4 is 62.7 Å². The quantitative estimate of drug-likeness (QED) is 0.490. The summed E-state index contributed by atoms with van der Waals surface area (Å²) in [6.07, 6.45) is 9.13. The number of hydrogen-bond donors (Lipinski definition) is 1. The highest BCUT2D eigenvalue weighted by Crippen LogP contribution is 2.29. The molecule has 1 atom stereocenters. The number of fused-ring (bicyclic) bond motifs is 1. The maximum Gasteiger partial charge on any atom is 0.187 e. The molecule has 28 heavy (non-hydrogen) atoms. The van der Waals surface area contributed by atoms with E-state index in [0.29, 0.717) is 12.4 Å². The Bertz CT molecular complexity index is 889. The number of hydrazone groups is 1. The molecule has 1 unspecified atom stereocenters. The fourth-order valence-corrected chi connectivity index (χ4v) is 3.90. The third-order valence-corrected chi connectivity index (χ3v) is 5.29. The van der Waals surface area contributed by atoms with Gasteiger partial charge >= 0.3 is 0 Å². The monoisotopic (exact) mass is 483 g/mol. The smallest absolute Gasteiger partial charge is 0.187 e. The summed E-state index contributed by atoms with van der Waals surface area (Å²) < 4.78 is 18.8. The second kappa shape index (κ2) is 9.48. The highest BCUT2D eigenvalue weighted by Gasteiger charge is 2.30. The first kappa shape index (κ1) is 20.7. The van der Waals surface area contributed by atoms with Gasteiger partial charge in [-0.1, -0.05) is 19.9 Å². The average molecular weight is 484 g/mol. The number of halogens is 2. The second-order valence-corrected chi connectivity index (χ2v) is 7.69. The van der Waals surface area contributed by atoms with Gasteiger partial charge in [-0.15, -0.1) is 3.89 Å². The normalized spacial score (nSPS) is 22.0. The van der Waals surface area contributed by atoms with Crippen molar-refractivity contribution in [3.63, 3.8) is 0 Å². The first-order valence-electron chi connectivity index (χ1n) is 8.65. The van der Waals surface area contributed by atoms with Crippen molar-refractivity contribution in [2.75, 3.05) is 6.54 Å². The van der Waals surface area contributed by atoms with Gasteiger partial charge in [-0.3, -0.25) is 9.89 Å². The Morgan fingerprint density at radius 2 is 2.25 bits per heavy atom. The summed E-state index contributed by atoms with van der Waals surface area (Å²) in [5.41, 5.74) is 1.92. The molecule has 3 aliphatic rings. The van der Waals surface area contributed by atoms with Gasteiger partial charge < -0.3 is 5.32 Å². The molecule has 0 saturated heterocycles. The highest BCUT2D eigenvalue weighted by molar-refractivity contribution is 9.11. The first-order chi connectivity index (χ1) is 13.6. The van der Waals surface area contributed by atoms with Gasteiger partial charge in [-0.05, 0) is 46.5 Å². The summed E-state index contributed by atoms with van der Waals surface area (Å²) in [6, 6.07) is 1.93. The summed E-state index contributed by atoms with van der Waals surface area (Å²) >= 11 is 4.90. The molecule has 0 aromatic carbocycles. The van der Waals surface area contributed by atoms with E-state index >= 15 is 0 Å². The molecule has 0 aliphatic carbocycles. The highest BCUT2D eigenvalue weighted by atomic mass is 79.9. The standard InChI is InChI=1S/C15H13BrFN7S2.C2H6/c1-9-6-13(25-22-9)21-14-15-18-4-2-11(23(15)8-12(16)20-14)10-3-5-24(26-17)19-7-10;1-2/h2-3,5-8,10H,4H2,1H3,(H,20,21);1-2H3. The lowest BCUT2D eigenvalue weighted by Crippen LogP contribution is -2.46. The Morgan fingerprint density at radius 1 is 1.43 bits per heavy atom. The molecule has 7 nitrogen and oxygen atoms in total. The molecule has 0 radical (unpaired) electrons. The number of amidine groups is 2. The van der Waals surface area contributed by atoms with Gasteiger partial charge in [0.2, 0.25) is 0 Å². The van der Waals surface area contributed by atoms with E-state index in [1.807, 2.05) is 50.1 Å². The number of aromatic nitrogens is 1. The number of nitrogens with zero attached hydrogens (tertiary/aromatic N) is 6. The molecular formula is C17H19BrFN7S2. The summed E-state index contributed by atoms with van der Waals surface area (Å²) in [5, 5.41) is 8.08. The third kappa shape index (κ3) is 4.53. The lowest BCUT2D eigenvalue weighted by atomic mass is 10.0. The van der Waals surface area contributed by atoms with Crippen molar-refractivity contribution < 1.29 is 3.89 Å². The summed E-state index contributed by atoms with van der Waals surface area (Å²) in [5.74, 6) is 1.29. The number of hydrogen-bond acceptors (Lipinski definition) is 8. The van der Waals surface area contributed by atoms with Gasteiger partial charge in [0, 0.05) is 24.3 Å². The minimum absolute atomic E-state index is 0.0597. The number of allylic oxidation sites excluding steroid dienone is 1. The molecule has 0 fully saturated rings. The molecule has 4 heterocycles. The van der Waals surface area contributed by atoms with Crippen LogP contribution in [0.25, 0.3) is 0 Å². The van der Waals surface area contributed by atoms with Crippen LogP contribution in [0.15, 0.2) is 56.0 Å². The lowest BCUT2D eigenvalue weighted by Gasteiger charge is -2.35. The largest absolute Gasteiger partial charge is 0.330 e. The Morgan fingerprint density at radius 3 is 2.89 bits per heavy atom. The van der Waals surface area contributed by atoms with E-state index in [1.54, 1.807) is 12.4 Å². The summed E-state index contributed by atoms with van der Waals surface area (Å²) in [4.78, 5) is 11.2. The van der Waals surface area contributed by atoms with Gasteiger partial charge in [0.05, 0.1) is 18.2 Å². The number of rotatable bonds is 3. The van der Waals surface area contributed by atoms with Crippen LogP contribution in [0.3, 0.4) is 0 Å². The van der Waals surface area contributed by atoms with Crippen LogP contribution in [0.5, 0.6) is 0 Å². The predicted molar refractivity (Wildman–Crippen MR) is 119 cm³/mol. The predicted octanol–water partition coefficient (Wildman–Crippen LogP) is 4.87. The minimum atomic E-state index is -0.0783. The van der Waals surface area contributed by atoms with Crippen molar-refractivity contribution in [2.45, 2.75) is 20.8 Å². The third-order valence-electron chi connectivity index (χ3n) is 3.75. The molecular weight excluding hydrogens is 465 g/mol. The maximum atomic E-state index is 12.6. The van der Waals surface area contributed by atoms with E-state index in [4.69, 9.17) is 0 Å². The zero-order chi connectivity index (χ0) is 20.1. The van der Waals surface area contributed by atoms with Crippen LogP contribution in [0.4, 0.5) is 8.89 Å². The molecule has 1 aromatic heterocycles. The van der Waals surface area contributed by atoms with Crippen LogP contribution >= 0.6 is 39.8 Å². The fourth-order valence-electron chi connectivity index (χ4n) is 2.66. The number of nitrogens with one attached hydrogen (secondary N) is 1. The number of aryl methyl sites for hydroxylation is 1. The lowest BCUT2D eigenvalue weighted by molar-refractivity contribution is 0.581. The molecule has 1 N–H and O–H groups in total. The van der Waals surface area contributed by atoms with Gasteiger partial charge in [-0.25, -0.2) is 4.99 Å². The van der Waals surface area contributed by atoms with Crippen LogP contribution in [0.1, 0.15) is 19.5 Å². The average Bonchev–Trinajstić information content (AvgIpc) is 3.14. The Labute approximate surface area is 180 Å². The molecule has 11 heteroatoms. The van der Waals surface area contributed by atoms with E-state index in [1.165, 1.54) is 11.5 Å². The van der Waals surface area contributed by atoms with Crippen molar-refractivity contribution in [3.05, 3.63) is 46.6 Å². The first-order valence-corrected chi connectivity index (χ1v) is 10.9. The zero-order valence-electron chi connectivity index (χ0n) is 15.5. The Hall–Kier alpha value is -1.98. The van der Waals surface area contributed by atoms with Crippen LogP contribution in [0.2, 0.25) is 0 Å². The maximum absolute atomic E-state index is 12.6. The van der Waals surface area contributed by atoms with Crippen LogP contribution in [-0.4, -0.2) is 38.1 Å². The van der Waals surface area contributed by atoms with Gasteiger partial charge in [0.15, 0.2) is 24.0 Å². The molecule has 0 bridgehead atoms. The fraction of sp³-hybridized carbons (Fsp3) is 0.294. The van der Waals surface area contributed by atoms with Crippen molar-refractivity contribution in [2.24, 2.45) is 21.0 Å². The molecule has 0 saturated carbocycles. The van der Waals surface area contributed by atoms with Crippen LogP contribution in [0, 0.1) is 12.8 Å². The molecule has 4 rings (SSSR count). The van der Waals surface area contributed by atoms with Crippen molar-refractivity contribution in [3.8, 4) is 0 Å². The van der Waals surface area contributed by atoms with E-state index in [2.05, 4.69) is 40.7 Å². The van der Waals surface area contributed by atoms with Gasteiger partial charge in [0.25, 0.3) is 0 Å². The Balaban J connectivity index is 0.00000109. The van der Waals surface area contributed by atoms with E-state index in [0.717, 1.165) is 31.2 Å². The van der Waals surface area contributed by atoms with E-state index < -0.39 is 0 Å². The minimum Gasteiger partial charge on any atom is -0.330 e. The van der Waals surface area contributed by atoms with Gasteiger partial charge in [-0.2, -0.15) is 13.9 Å². The van der Waals surface area contributed by atoms with E-state index in [-0.39, 0.29) is 18.3 Å². The van der Waals surface area contributed by atoms with Crippen molar-refractivity contribution in [1.82, 2.24) is 19.0 Å². The number of aliphatic imine (C=N–C) groups is 2.